The number of rotatable bonds is 2. The van der Waals surface area contributed by atoms with Crippen LogP contribution in [-0.2, 0) is 4.79 Å². The Hall–Kier alpha value is -1.81. The van der Waals surface area contributed by atoms with Crippen LogP contribution in [0.2, 0.25) is 0 Å². The van der Waals surface area contributed by atoms with Gasteiger partial charge in [0, 0.05) is 13.1 Å². The van der Waals surface area contributed by atoms with Gasteiger partial charge < -0.3 is 5.11 Å². The average Bonchev–Trinajstić information content (AvgIpc) is 2.26. The van der Waals surface area contributed by atoms with Crippen molar-refractivity contribution in [1.82, 2.24) is 4.90 Å². The number of carbonyl (C=O) groups excluding carboxylic acids is 1. The quantitative estimate of drug-likeness (QED) is 0.808. The fourth-order valence-electron chi connectivity index (χ4n) is 0.938. The van der Waals surface area contributed by atoms with E-state index in [0.717, 1.165) is 5.56 Å². The van der Waals surface area contributed by atoms with Crippen molar-refractivity contribution in [1.29, 1.82) is 0 Å². The molecule has 0 aliphatic carbocycles. The van der Waals surface area contributed by atoms with Gasteiger partial charge in [-0.3, -0.25) is 4.79 Å². The average molecular weight is 242 g/mol. The summed E-state index contributed by atoms with van der Waals surface area (Å²) in [6.45, 7) is 0. The predicted molar refractivity (Wildman–Crippen MR) is 63.5 cm³/mol. The first kappa shape index (κ1) is 14.2. The lowest BCUT2D eigenvalue weighted by Crippen LogP contribution is -2.29. The van der Waals surface area contributed by atoms with Gasteiger partial charge in [-0.25, -0.2) is 9.69 Å². The SMILES string of the molecule is CN(C(=O)O)C(=O)C=Cc1ccccc1.Cl. The normalized spacial score (nSPS) is 9.56. The molecule has 0 aliphatic heterocycles. The van der Waals surface area contributed by atoms with Crippen molar-refractivity contribution in [3.05, 3.63) is 42.0 Å². The zero-order valence-electron chi connectivity index (χ0n) is 8.66. The summed E-state index contributed by atoms with van der Waals surface area (Å²) < 4.78 is 0. The van der Waals surface area contributed by atoms with E-state index in [9.17, 15) is 9.59 Å². The third-order valence-corrected chi connectivity index (χ3v) is 1.84. The summed E-state index contributed by atoms with van der Waals surface area (Å²) in [6, 6.07) is 9.19. The van der Waals surface area contributed by atoms with Crippen LogP contribution < -0.4 is 0 Å². The van der Waals surface area contributed by atoms with Crippen LogP contribution in [0.5, 0.6) is 0 Å². The van der Waals surface area contributed by atoms with Gasteiger partial charge in [0.2, 0.25) is 0 Å². The Bertz CT molecular complexity index is 389. The van der Waals surface area contributed by atoms with Crippen molar-refractivity contribution in [2.45, 2.75) is 0 Å². The van der Waals surface area contributed by atoms with Gasteiger partial charge in [0.05, 0.1) is 0 Å². The lowest BCUT2D eigenvalue weighted by molar-refractivity contribution is -0.122. The fraction of sp³-hybridized carbons (Fsp3) is 0.0909. The molecule has 4 nitrogen and oxygen atoms in total. The van der Waals surface area contributed by atoms with Crippen molar-refractivity contribution >= 4 is 30.5 Å². The summed E-state index contributed by atoms with van der Waals surface area (Å²) in [4.78, 5) is 22.3. The van der Waals surface area contributed by atoms with Crippen molar-refractivity contribution < 1.29 is 14.7 Å². The molecule has 0 heterocycles. The van der Waals surface area contributed by atoms with Gasteiger partial charge in [-0.15, -0.1) is 12.4 Å². The Kier molecular flexibility index (Phi) is 5.88. The Morgan fingerprint density at radius 2 is 1.81 bits per heavy atom. The van der Waals surface area contributed by atoms with E-state index >= 15 is 0 Å². The predicted octanol–water partition coefficient (Wildman–Crippen LogP) is 2.26. The first-order valence-electron chi connectivity index (χ1n) is 4.35. The number of halogens is 1. The molecule has 1 rings (SSSR count). The maximum absolute atomic E-state index is 11.2. The van der Waals surface area contributed by atoms with Crippen LogP contribution in [0.1, 0.15) is 5.56 Å². The molecule has 1 N–H and O–H groups in total. The molecule has 1 aromatic rings. The zero-order valence-corrected chi connectivity index (χ0v) is 9.48. The monoisotopic (exact) mass is 241 g/mol. The summed E-state index contributed by atoms with van der Waals surface area (Å²) in [7, 11) is 1.21. The molecule has 0 spiro atoms. The molecule has 0 saturated heterocycles. The minimum atomic E-state index is -1.27. The van der Waals surface area contributed by atoms with Gasteiger partial charge in [0.15, 0.2) is 0 Å². The lowest BCUT2D eigenvalue weighted by Gasteiger charge is -2.06. The number of likely N-dealkylation sites (N-methyl/N-ethyl adjacent to an activating group) is 1. The van der Waals surface area contributed by atoms with Gasteiger partial charge in [-0.2, -0.15) is 0 Å². The number of carbonyl (C=O) groups is 2. The fourth-order valence-corrected chi connectivity index (χ4v) is 0.938. The van der Waals surface area contributed by atoms with Gasteiger partial charge in [-0.1, -0.05) is 30.3 Å². The van der Waals surface area contributed by atoms with Gasteiger partial charge >= 0.3 is 6.09 Å². The van der Waals surface area contributed by atoms with Crippen LogP contribution >= 0.6 is 12.4 Å². The van der Waals surface area contributed by atoms with Crippen molar-refractivity contribution in [2.75, 3.05) is 7.05 Å². The number of benzene rings is 1. The summed E-state index contributed by atoms with van der Waals surface area (Å²) >= 11 is 0. The van der Waals surface area contributed by atoms with Gasteiger partial charge in [0.1, 0.15) is 0 Å². The molecule has 0 unspecified atom stereocenters. The molecule has 16 heavy (non-hydrogen) atoms. The Morgan fingerprint density at radius 1 is 1.25 bits per heavy atom. The topological polar surface area (TPSA) is 57.6 Å². The minimum Gasteiger partial charge on any atom is -0.465 e. The number of nitrogens with zero attached hydrogens (tertiary/aromatic N) is 1. The Balaban J connectivity index is 0.00000225. The molecule has 5 heteroatoms. The van der Waals surface area contributed by atoms with E-state index in [1.807, 2.05) is 30.3 Å². The highest BCUT2D eigenvalue weighted by Gasteiger charge is 2.11. The molecule has 1 aromatic carbocycles. The van der Waals surface area contributed by atoms with Crippen LogP contribution in [0, 0.1) is 0 Å². The highest BCUT2D eigenvalue weighted by molar-refractivity contribution is 6.00. The second-order valence-electron chi connectivity index (χ2n) is 2.92. The highest BCUT2D eigenvalue weighted by Crippen LogP contribution is 2.01. The second kappa shape index (κ2) is 6.63. The summed E-state index contributed by atoms with van der Waals surface area (Å²) in [5.41, 5.74) is 0.852. The molecule has 2 amide bonds. The zero-order chi connectivity index (χ0) is 11.3. The van der Waals surface area contributed by atoms with Gasteiger partial charge in [-0.05, 0) is 11.6 Å². The lowest BCUT2D eigenvalue weighted by atomic mass is 10.2. The second-order valence-corrected chi connectivity index (χ2v) is 2.92. The molecule has 0 radical (unpaired) electrons. The molecule has 0 bridgehead atoms. The number of carboxylic acid groups (broad SMARTS) is 1. The third kappa shape index (κ3) is 4.14. The van der Waals surface area contributed by atoms with E-state index in [4.69, 9.17) is 5.11 Å². The van der Waals surface area contributed by atoms with Gasteiger partial charge in [0.25, 0.3) is 5.91 Å². The van der Waals surface area contributed by atoms with Crippen molar-refractivity contribution in [3.63, 3.8) is 0 Å². The standard InChI is InChI=1S/C11H11NO3.ClH/c1-12(11(14)15)10(13)8-7-9-5-3-2-4-6-9;/h2-8H,1H3,(H,14,15);1H. The van der Waals surface area contributed by atoms with E-state index in [-0.39, 0.29) is 12.4 Å². The number of imide groups is 1. The number of amides is 2. The molecular weight excluding hydrogens is 230 g/mol. The molecule has 0 saturated carbocycles. The van der Waals surface area contributed by atoms with Crippen LogP contribution in [0.4, 0.5) is 4.79 Å². The number of hydrogen-bond donors (Lipinski definition) is 1. The van der Waals surface area contributed by atoms with Crippen LogP contribution in [-0.4, -0.2) is 29.1 Å². The Labute approximate surface area is 99.6 Å². The molecule has 86 valence electrons. The van der Waals surface area contributed by atoms with Crippen molar-refractivity contribution in [2.24, 2.45) is 0 Å². The molecule has 0 atom stereocenters. The van der Waals surface area contributed by atoms with Crippen LogP contribution in [0.25, 0.3) is 6.08 Å². The first-order chi connectivity index (χ1) is 7.11. The van der Waals surface area contributed by atoms with E-state index in [1.165, 1.54) is 13.1 Å². The summed E-state index contributed by atoms with van der Waals surface area (Å²) in [6.07, 6.45) is 1.53. The summed E-state index contributed by atoms with van der Waals surface area (Å²) in [5.74, 6) is -0.564. The smallest absolute Gasteiger partial charge is 0.414 e. The molecule has 0 aromatic heterocycles. The molecule has 0 fully saturated rings. The maximum atomic E-state index is 11.2. The van der Waals surface area contributed by atoms with Crippen molar-refractivity contribution in [3.8, 4) is 0 Å². The van der Waals surface area contributed by atoms with E-state index in [1.54, 1.807) is 6.08 Å². The molecular formula is C11H12ClNO3. The van der Waals surface area contributed by atoms with E-state index in [2.05, 4.69) is 0 Å². The highest BCUT2D eigenvalue weighted by atomic mass is 35.5. The van der Waals surface area contributed by atoms with Crippen LogP contribution in [0.15, 0.2) is 36.4 Å². The maximum Gasteiger partial charge on any atom is 0.414 e. The first-order valence-corrected chi connectivity index (χ1v) is 4.35. The van der Waals surface area contributed by atoms with Crippen LogP contribution in [0.3, 0.4) is 0 Å². The Morgan fingerprint density at radius 3 is 2.31 bits per heavy atom. The summed E-state index contributed by atoms with van der Waals surface area (Å²) in [5, 5.41) is 8.52. The third-order valence-electron chi connectivity index (χ3n) is 1.84. The number of hydrogen-bond acceptors (Lipinski definition) is 2. The molecule has 0 aliphatic rings. The largest absolute Gasteiger partial charge is 0.465 e. The minimum absolute atomic E-state index is 0. The van der Waals surface area contributed by atoms with E-state index in [0.29, 0.717) is 4.90 Å². The van der Waals surface area contributed by atoms with E-state index < -0.39 is 12.0 Å².